The van der Waals surface area contributed by atoms with Crippen molar-refractivity contribution in [1.82, 2.24) is 0 Å². The van der Waals surface area contributed by atoms with Crippen molar-refractivity contribution in [3.05, 3.63) is 36.4 Å². The van der Waals surface area contributed by atoms with Crippen LogP contribution in [0.1, 0.15) is 0 Å². The summed E-state index contributed by atoms with van der Waals surface area (Å²) in [6.45, 7) is 0. The quantitative estimate of drug-likeness (QED) is 0.491. The lowest BCUT2D eigenvalue weighted by molar-refractivity contribution is -0.208. The molecule has 1 aromatic carbocycles. The molecule has 0 atom stereocenters. The van der Waals surface area contributed by atoms with Crippen LogP contribution in [0, 0.1) is 0 Å². The van der Waals surface area contributed by atoms with Gasteiger partial charge < -0.3 is 10.2 Å². The minimum absolute atomic E-state index is 1.80. The zero-order valence-corrected chi connectivity index (χ0v) is 6.99. The largest absolute Gasteiger partial charge is 0.547 e. The Hall–Kier alpha value is -2.24. The second-order valence-corrected chi connectivity index (χ2v) is 1.85. The summed E-state index contributed by atoms with van der Waals surface area (Å²) in [6.07, 6.45) is -3.60. The molecule has 6 heteroatoms. The number of hydrogen-bond donors (Lipinski definition) is 2. The Morgan fingerprint density at radius 2 is 0.929 bits per heavy atom. The van der Waals surface area contributed by atoms with Gasteiger partial charge in [0.15, 0.2) is 0 Å². The van der Waals surface area contributed by atoms with E-state index in [0.29, 0.717) is 0 Å². The molecule has 0 fully saturated rings. The summed E-state index contributed by atoms with van der Waals surface area (Å²) in [5.74, 6) is 0. The predicted molar refractivity (Wildman–Crippen MR) is 44.7 cm³/mol. The molecule has 1 rings (SSSR count). The van der Waals surface area contributed by atoms with Crippen molar-refractivity contribution in [3.63, 3.8) is 0 Å². The highest BCUT2D eigenvalue weighted by Gasteiger charge is 2.01. The summed E-state index contributed by atoms with van der Waals surface area (Å²) in [7, 11) is 0. The van der Waals surface area contributed by atoms with Crippen LogP contribution in [-0.4, -0.2) is 22.5 Å². The highest BCUT2D eigenvalue weighted by Crippen LogP contribution is 1.80. The molecule has 0 bridgehead atoms. The Balaban J connectivity index is 0.000000249. The van der Waals surface area contributed by atoms with Gasteiger partial charge in [-0.2, -0.15) is 0 Å². The SMILES string of the molecule is O=C(O)OOC(=O)O.c1ccccc1. The standard InChI is InChI=1S/C6H6.C2H2O6/c1-2-4-6-5-3-1;3-1(4)7-8-2(5)6/h1-6H;(H,3,4)(H,5,6). The molecule has 0 radical (unpaired) electrons. The molecule has 0 saturated carbocycles. The van der Waals surface area contributed by atoms with Gasteiger partial charge in [-0.25, -0.2) is 19.4 Å². The summed E-state index contributed by atoms with van der Waals surface area (Å²) in [5.41, 5.74) is 0. The van der Waals surface area contributed by atoms with Gasteiger partial charge in [0.1, 0.15) is 0 Å². The van der Waals surface area contributed by atoms with E-state index in [1.807, 2.05) is 36.4 Å². The molecule has 0 amide bonds. The van der Waals surface area contributed by atoms with E-state index in [2.05, 4.69) is 9.78 Å². The van der Waals surface area contributed by atoms with E-state index < -0.39 is 12.3 Å². The first-order valence-electron chi connectivity index (χ1n) is 3.43. The lowest BCUT2D eigenvalue weighted by atomic mass is 10.4. The molecule has 14 heavy (non-hydrogen) atoms. The first-order valence-corrected chi connectivity index (χ1v) is 3.43. The molecule has 76 valence electrons. The van der Waals surface area contributed by atoms with Crippen molar-refractivity contribution in [2.45, 2.75) is 0 Å². The van der Waals surface area contributed by atoms with Crippen LogP contribution in [0.4, 0.5) is 9.59 Å². The molecule has 0 aliphatic carbocycles. The van der Waals surface area contributed by atoms with Crippen LogP contribution in [0.15, 0.2) is 36.4 Å². The third kappa shape index (κ3) is 9.76. The van der Waals surface area contributed by atoms with E-state index in [4.69, 9.17) is 10.2 Å². The summed E-state index contributed by atoms with van der Waals surface area (Å²) in [6, 6.07) is 12.0. The van der Waals surface area contributed by atoms with Crippen molar-refractivity contribution in [2.75, 3.05) is 0 Å². The van der Waals surface area contributed by atoms with Gasteiger partial charge in [0.05, 0.1) is 0 Å². The van der Waals surface area contributed by atoms with Crippen LogP contribution < -0.4 is 0 Å². The Morgan fingerprint density at radius 3 is 1.07 bits per heavy atom. The van der Waals surface area contributed by atoms with Crippen LogP contribution in [-0.2, 0) is 9.78 Å². The van der Waals surface area contributed by atoms with Crippen molar-refractivity contribution < 1.29 is 29.6 Å². The second kappa shape index (κ2) is 7.41. The Bertz CT molecular complexity index is 230. The molecule has 2 N–H and O–H groups in total. The average Bonchev–Trinajstić information content (AvgIpc) is 2.18. The number of carboxylic acid groups (broad SMARTS) is 2. The van der Waals surface area contributed by atoms with Gasteiger partial charge in [-0.05, 0) is 0 Å². The number of carbonyl (C=O) groups is 2. The number of benzene rings is 1. The molecule has 0 heterocycles. The molecule has 0 aliphatic rings. The van der Waals surface area contributed by atoms with Gasteiger partial charge >= 0.3 is 12.3 Å². The third-order valence-electron chi connectivity index (χ3n) is 0.851. The van der Waals surface area contributed by atoms with Gasteiger partial charge in [0.2, 0.25) is 0 Å². The monoisotopic (exact) mass is 200 g/mol. The van der Waals surface area contributed by atoms with E-state index in [0.717, 1.165) is 0 Å². The molecule has 0 aliphatic heterocycles. The fraction of sp³-hybridized carbons (Fsp3) is 0. The van der Waals surface area contributed by atoms with Crippen molar-refractivity contribution >= 4 is 12.3 Å². The van der Waals surface area contributed by atoms with Gasteiger partial charge in [-0.1, -0.05) is 36.4 Å². The van der Waals surface area contributed by atoms with Crippen LogP contribution in [0.25, 0.3) is 0 Å². The normalized spacial score (nSPS) is 7.71. The first kappa shape index (κ1) is 11.8. The maximum absolute atomic E-state index is 9.29. The van der Waals surface area contributed by atoms with E-state index in [1.165, 1.54) is 0 Å². The minimum Gasteiger partial charge on any atom is -0.447 e. The Kier molecular flexibility index (Phi) is 6.23. The highest BCUT2D eigenvalue weighted by molar-refractivity contribution is 5.60. The fourth-order valence-electron chi connectivity index (χ4n) is 0.456. The van der Waals surface area contributed by atoms with Crippen LogP contribution in [0.5, 0.6) is 0 Å². The second-order valence-electron chi connectivity index (χ2n) is 1.85. The van der Waals surface area contributed by atoms with Crippen molar-refractivity contribution in [2.24, 2.45) is 0 Å². The Morgan fingerprint density at radius 1 is 0.714 bits per heavy atom. The predicted octanol–water partition coefficient (Wildman–Crippen LogP) is 1.98. The van der Waals surface area contributed by atoms with Gasteiger partial charge in [0.25, 0.3) is 0 Å². The van der Waals surface area contributed by atoms with E-state index in [9.17, 15) is 9.59 Å². The molecular formula is C8H8O6. The first-order chi connectivity index (χ1) is 6.63. The van der Waals surface area contributed by atoms with E-state index in [-0.39, 0.29) is 0 Å². The van der Waals surface area contributed by atoms with E-state index in [1.54, 1.807) is 0 Å². The average molecular weight is 200 g/mol. The Labute approximate surface area is 79.2 Å². The zero-order chi connectivity index (χ0) is 10.8. The van der Waals surface area contributed by atoms with Crippen molar-refractivity contribution in [3.8, 4) is 0 Å². The smallest absolute Gasteiger partial charge is 0.447 e. The minimum atomic E-state index is -1.80. The van der Waals surface area contributed by atoms with Crippen LogP contribution >= 0.6 is 0 Å². The third-order valence-corrected chi connectivity index (χ3v) is 0.851. The summed E-state index contributed by atoms with van der Waals surface area (Å²) in [5, 5.41) is 15.1. The van der Waals surface area contributed by atoms with Crippen LogP contribution in [0.3, 0.4) is 0 Å². The molecule has 0 spiro atoms. The van der Waals surface area contributed by atoms with E-state index >= 15 is 0 Å². The lowest BCUT2D eigenvalue weighted by Gasteiger charge is -1.89. The number of rotatable bonds is 0. The molecule has 1 aromatic rings. The maximum atomic E-state index is 9.29. The summed E-state index contributed by atoms with van der Waals surface area (Å²) >= 11 is 0. The number of hydrogen-bond acceptors (Lipinski definition) is 4. The summed E-state index contributed by atoms with van der Waals surface area (Å²) < 4.78 is 0. The van der Waals surface area contributed by atoms with Gasteiger partial charge in [-0.15, -0.1) is 0 Å². The molecule has 0 aromatic heterocycles. The molecule has 6 nitrogen and oxygen atoms in total. The molecule has 0 unspecified atom stereocenters. The van der Waals surface area contributed by atoms with Gasteiger partial charge in [0, 0.05) is 0 Å². The fourth-order valence-corrected chi connectivity index (χ4v) is 0.456. The van der Waals surface area contributed by atoms with Gasteiger partial charge in [-0.3, -0.25) is 0 Å². The topological polar surface area (TPSA) is 93.1 Å². The lowest BCUT2D eigenvalue weighted by Crippen LogP contribution is -2.05. The maximum Gasteiger partial charge on any atom is 0.547 e. The van der Waals surface area contributed by atoms with Crippen molar-refractivity contribution in [1.29, 1.82) is 0 Å². The van der Waals surface area contributed by atoms with Crippen LogP contribution in [0.2, 0.25) is 0 Å². The zero-order valence-electron chi connectivity index (χ0n) is 6.99. The molecule has 0 saturated heterocycles. The summed E-state index contributed by atoms with van der Waals surface area (Å²) in [4.78, 5) is 24.8. The highest BCUT2D eigenvalue weighted by atomic mass is 17.2. The molecular weight excluding hydrogens is 192 g/mol.